The van der Waals surface area contributed by atoms with Gasteiger partial charge in [-0.25, -0.2) is 14.5 Å². The summed E-state index contributed by atoms with van der Waals surface area (Å²) in [5, 5.41) is 24.5. The molecule has 1 aromatic heterocycles. The molecule has 2 rings (SSSR count). The minimum Gasteiger partial charge on any atom is -0.507 e. The van der Waals surface area contributed by atoms with Crippen LogP contribution >= 0.6 is 0 Å². The lowest BCUT2D eigenvalue weighted by atomic mass is 10.2. The molecule has 0 spiro atoms. The fraction of sp³-hybridized carbons (Fsp3) is 0.0909. The third kappa shape index (κ3) is 3.06. The van der Waals surface area contributed by atoms with E-state index in [0.29, 0.717) is 5.69 Å². The lowest BCUT2D eigenvalue weighted by Crippen LogP contribution is -2.19. The summed E-state index contributed by atoms with van der Waals surface area (Å²) in [5.74, 6) is -2.02. The van der Waals surface area contributed by atoms with E-state index in [9.17, 15) is 14.7 Å². The Morgan fingerprint density at radius 2 is 2.16 bits per heavy atom. The van der Waals surface area contributed by atoms with Crippen molar-refractivity contribution in [3.63, 3.8) is 0 Å². The molecular formula is C11H10N4O4. The Balaban J connectivity index is 2.05. The van der Waals surface area contributed by atoms with Crippen molar-refractivity contribution in [3.8, 4) is 5.75 Å². The lowest BCUT2D eigenvalue weighted by Gasteiger charge is -2.06. The van der Waals surface area contributed by atoms with Crippen LogP contribution in [0.4, 0.5) is 5.69 Å². The highest BCUT2D eigenvalue weighted by atomic mass is 16.4. The zero-order valence-electron chi connectivity index (χ0n) is 9.65. The van der Waals surface area contributed by atoms with Gasteiger partial charge in [-0.3, -0.25) is 4.79 Å². The van der Waals surface area contributed by atoms with E-state index >= 15 is 0 Å². The third-order valence-corrected chi connectivity index (χ3v) is 2.28. The molecule has 1 aromatic carbocycles. The van der Waals surface area contributed by atoms with Crippen LogP contribution in [0.15, 0.2) is 30.9 Å². The van der Waals surface area contributed by atoms with Crippen molar-refractivity contribution in [2.45, 2.75) is 6.54 Å². The number of carboxylic acid groups (broad SMARTS) is 1. The van der Waals surface area contributed by atoms with Crippen molar-refractivity contribution >= 4 is 17.6 Å². The van der Waals surface area contributed by atoms with Gasteiger partial charge in [0.05, 0.1) is 0 Å². The first kappa shape index (κ1) is 12.6. The molecule has 0 radical (unpaired) electrons. The maximum Gasteiger partial charge on any atom is 0.339 e. The Bertz CT molecular complexity index is 609. The number of carboxylic acids is 1. The highest BCUT2D eigenvalue weighted by molar-refractivity contribution is 5.94. The summed E-state index contributed by atoms with van der Waals surface area (Å²) in [5.41, 5.74) is 0.0712. The van der Waals surface area contributed by atoms with E-state index in [2.05, 4.69) is 15.4 Å². The van der Waals surface area contributed by atoms with Gasteiger partial charge in [0.15, 0.2) is 0 Å². The summed E-state index contributed by atoms with van der Waals surface area (Å²) < 4.78 is 1.33. The fourth-order valence-corrected chi connectivity index (χ4v) is 1.45. The standard InChI is InChI=1S/C11H10N4O4/c16-9-3-7(1-2-8(9)11(18)19)14-10(17)4-15-6-12-5-13-15/h1-3,5-6,16H,4H2,(H,14,17)(H,18,19). The van der Waals surface area contributed by atoms with Crippen molar-refractivity contribution < 1.29 is 19.8 Å². The number of rotatable bonds is 4. The van der Waals surface area contributed by atoms with Crippen molar-refractivity contribution in [2.24, 2.45) is 0 Å². The van der Waals surface area contributed by atoms with Crippen LogP contribution in [0.1, 0.15) is 10.4 Å². The number of aromatic nitrogens is 3. The predicted octanol–water partition coefficient (Wildman–Crippen LogP) is 0.321. The first-order valence-corrected chi connectivity index (χ1v) is 5.25. The van der Waals surface area contributed by atoms with E-state index in [1.165, 1.54) is 35.5 Å². The number of aromatic carboxylic acids is 1. The second-order valence-electron chi connectivity index (χ2n) is 3.68. The molecule has 0 aliphatic rings. The monoisotopic (exact) mass is 262 g/mol. The molecule has 1 amide bonds. The van der Waals surface area contributed by atoms with Gasteiger partial charge >= 0.3 is 5.97 Å². The molecule has 1 heterocycles. The minimum atomic E-state index is -1.24. The third-order valence-electron chi connectivity index (χ3n) is 2.28. The molecular weight excluding hydrogens is 252 g/mol. The lowest BCUT2D eigenvalue weighted by molar-refractivity contribution is -0.116. The average molecular weight is 262 g/mol. The van der Waals surface area contributed by atoms with Gasteiger partial charge in [0.2, 0.25) is 5.91 Å². The summed E-state index contributed by atoms with van der Waals surface area (Å²) in [4.78, 5) is 26.0. The number of carbonyl (C=O) groups excluding carboxylic acids is 1. The van der Waals surface area contributed by atoms with Gasteiger partial charge in [-0.05, 0) is 12.1 Å². The summed E-state index contributed by atoms with van der Waals surface area (Å²) >= 11 is 0. The molecule has 0 saturated carbocycles. The van der Waals surface area contributed by atoms with Crippen LogP contribution in [0.3, 0.4) is 0 Å². The predicted molar refractivity (Wildman–Crippen MR) is 63.7 cm³/mol. The molecule has 19 heavy (non-hydrogen) atoms. The van der Waals surface area contributed by atoms with Crippen LogP contribution in [0, 0.1) is 0 Å². The van der Waals surface area contributed by atoms with E-state index in [-0.39, 0.29) is 18.0 Å². The molecule has 8 nitrogen and oxygen atoms in total. The normalized spacial score (nSPS) is 10.1. The van der Waals surface area contributed by atoms with Gasteiger partial charge in [0, 0.05) is 11.8 Å². The van der Waals surface area contributed by atoms with Gasteiger partial charge in [-0.15, -0.1) is 0 Å². The Hall–Kier alpha value is -2.90. The molecule has 98 valence electrons. The second kappa shape index (κ2) is 5.17. The average Bonchev–Trinajstić information content (AvgIpc) is 2.81. The zero-order chi connectivity index (χ0) is 13.8. The van der Waals surface area contributed by atoms with Crippen LogP contribution in [0.5, 0.6) is 5.75 Å². The molecule has 0 aliphatic heterocycles. The van der Waals surface area contributed by atoms with Gasteiger partial charge < -0.3 is 15.5 Å². The Morgan fingerprint density at radius 3 is 2.74 bits per heavy atom. The quantitative estimate of drug-likeness (QED) is 0.730. The highest BCUT2D eigenvalue weighted by Gasteiger charge is 2.11. The van der Waals surface area contributed by atoms with Crippen molar-refractivity contribution in [1.29, 1.82) is 0 Å². The van der Waals surface area contributed by atoms with Crippen molar-refractivity contribution in [1.82, 2.24) is 14.8 Å². The molecule has 0 saturated heterocycles. The van der Waals surface area contributed by atoms with Crippen LogP contribution < -0.4 is 5.32 Å². The number of anilines is 1. The van der Waals surface area contributed by atoms with Crippen LogP contribution in [-0.4, -0.2) is 36.9 Å². The van der Waals surface area contributed by atoms with Crippen molar-refractivity contribution in [3.05, 3.63) is 36.4 Å². The number of hydrogen-bond acceptors (Lipinski definition) is 5. The zero-order valence-corrected chi connectivity index (χ0v) is 9.65. The summed E-state index contributed by atoms with van der Waals surface area (Å²) in [7, 11) is 0. The molecule has 0 bridgehead atoms. The molecule has 2 aromatic rings. The summed E-state index contributed by atoms with van der Waals surface area (Å²) in [6, 6.07) is 3.77. The first-order chi connectivity index (χ1) is 9.06. The first-order valence-electron chi connectivity index (χ1n) is 5.25. The number of aromatic hydroxyl groups is 1. The van der Waals surface area contributed by atoms with Crippen LogP contribution in [-0.2, 0) is 11.3 Å². The second-order valence-corrected chi connectivity index (χ2v) is 3.68. The molecule has 0 atom stereocenters. The van der Waals surface area contributed by atoms with Gasteiger partial charge in [0.25, 0.3) is 0 Å². The Morgan fingerprint density at radius 1 is 1.37 bits per heavy atom. The van der Waals surface area contributed by atoms with E-state index in [4.69, 9.17) is 5.11 Å². The van der Waals surface area contributed by atoms with E-state index < -0.39 is 11.7 Å². The number of phenols is 1. The molecule has 0 fully saturated rings. The van der Waals surface area contributed by atoms with Crippen LogP contribution in [0.2, 0.25) is 0 Å². The summed E-state index contributed by atoms with van der Waals surface area (Å²) in [6.45, 7) is -0.0263. The number of benzene rings is 1. The number of nitrogens with zero attached hydrogens (tertiary/aromatic N) is 3. The Kier molecular flexibility index (Phi) is 3.42. The van der Waals surface area contributed by atoms with Crippen LogP contribution in [0.25, 0.3) is 0 Å². The van der Waals surface area contributed by atoms with E-state index in [1.54, 1.807) is 0 Å². The minimum absolute atomic E-state index is 0.0263. The van der Waals surface area contributed by atoms with E-state index in [1.807, 2.05) is 0 Å². The van der Waals surface area contributed by atoms with Gasteiger partial charge in [-0.1, -0.05) is 0 Å². The SMILES string of the molecule is O=C(Cn1cncn1)Nc1ccc(C(=O)O)c(O)c1. The number of carbonyl (C=O) groups is 2. The maximum atomic E-state index is 11.6. The fourth-order valence-electron chi connectivity index (χ4n) is 1.45. The largest absolute Gasteiger partial charge is 0.507 e. The van der Waals surface area contributed by atoms with Crippen molar-refractivity contribution in [2.75, 3.05) is 5.32 Å². The number of nitrogens with one attached hydrogen (secondary N) is 1. The number of hydrogen-bond donors (Lipinski definition) is 3. The molecule has 8 heteroatoms. The number of amides is 1. The van der Waals surface area contributed by atoms with E-state index in [0.717, 1.165) is 0 Å². The maximum absolute atomic E-state index is 11.6. The summed E-state index contributed by atoms with van der Waals surface area (Å²) in [6.07, 6.45) is 2.70. The van der Waals surface area contributed by atoms with Gasteiger partial charge in [-0.2, -0.15) is 5.10 Å². The Labute approximate surface area is 107 Å². The molecule has 0 unspecified atom stereocenters. The topological polar surface area (TPSA) is 117 Å². The smallest absolute Gasteiger partial charge is 0.339 e. The highest BCUT2D eigenvalue weighted by Crippen LogP contribution is 2.21. The van der Waals surface area contributed by atoms with Gasteiger partial charge in [0.1, 0.15) is 30.5 Å². The molecule has 3 N–H and O–H groups in total. The molecule has 0 aliphatic carbocycles.